The lowest BCUT2D eigenvalue weighted by Gasteiger charge is -2.33. The van der Waals surface area contributed by atoms with Crippen LogP contribution in [-0.2, 0) is 17.7 Å². The van der Waals surface area contributed by atoms with Gasteiger partial charge in [-0.3, -0.25) is 0 Å². The number of rotatable bonds is 4. The molecule has 2 aromatic rings. The third kappa shape index (κ3) is 4.49. The molecule has 2 aromatic carbocycles. The molecule has 0 radical (unpaired) electrons. The molecule has 1 aliphatic rings. The number of benzene rings is 2. The molecule has 2 amide bonds. The van der Waals surface area contributed by atoms with Gasteiger partial charge in [0.25, 0.3) is 0 Å². The first-order chi connectivity index (χ1) is 11.7. The fourth-order valence-electron chi connectivity index (χ4n) is 2.81. The van der Waals surface area contributed by atoms with Crippen LogP contribution in [0.2, 0.25) is 0 Å². The Hall–Kier alpha value is -2.53. The molecule has 1 fully saturated rings. The van der Waals surface area contributed by atoms with Gasteiger partial charge in [-0.15, -0.1) is 0 Å². The van der Waals surface area contributed by atoms with E-state index in [0.29, 0.717) is 26.2 Å². The molecule has 1 aliphatic heterocycles. The fourth-order valence-corrected chi connectivity index (χ4v) is 2.81. The lowest BCUT2D eigenvalue weighted by atomic mass is 10.1. The number of phenolic OH excluding ortho intramolecular Hbond substituents is 1. The van der Waals surface area contributed by atoms with E-state index in [0.717, 1.165) is 12.0 Å². The quantitative estimate of drug-likeness (QED) is 0.908. The first-order valence-corrected chi connectivity index (χ1v) is 8.17. The maximum Gasteiger partial charge on any atom is 0.317 e. The van der Waals surface area contributed by atoms with E-state index in [1.54, 1.807) is 29.2 Å². The minimum Gasteiger partial charge on any atom is -0.508 e. The highest BCUT2D eigenvalue weighted by Crippen LogP contribution is 2.13. The third-order valence-electron chi connectivity index (χ3n) is 4.11. The smallest absolute Gasteiger partial charge is 0.317 e. The van der Waals surface area contributed by atoms with Crippen molar-refractivity contribution in [2.45, 2.75) is 19.1 Å². The first kappa shape index (κ1) is 16.3. The molecule has 0 bridgehead atoms. The average Bonchev–Trinajstić information content (AvgIpc) is 2.62. The van der Waals surface area contributed by atoms with Crippen molar-refractivity contribution in [1.29, 1.82) is 0 Å². The molecule has 24 heavy (non-hydrogen) atoms. The van der Waals surface area contributed by atoms with Crippen LogP contribution in [0, 0.1) is 0 Å². The van der Waals surface area contributed by atoms with Crippen molar-refractivity contribution in [2.75, 3.05) is 19.7 Å². The highest BCUT2D eigenvalue weighted by Gasteiger charge is 2.24. The summed E-state index contributed by atoms with van der Waals surface area (Å²) in [4.78, 5) is 14.1. The van der Waals surface area contributed by atoms with Crippen molar-refractivity contribution in [2.24, 2.45) is 0 Å². The number of nitrogens with zero attached hydrogens (tertiary/aromatic N) is 1. The van der Waals surface area contributed by atoms with Gasteiger partial charge in [0.2, 0.25) is 0 Å². The van der Waals surface area contributed by atoms with E-state index >= 15 is 0 Å². The molecule has 0 aliphatic carbocycles. The van der Waals surface area contributed by atoms with Crippen LogP contribution in [-0.4, -0.2) is 41.8 Å². The first-order valence-electron chi connectivity index (χ1n) is 8.17. The van der Waals surface area contributed by atoms with Crippen LogP contribution in [0.15, 0.2) is 54.6 Å². The molecular formula is C19H22N2O3. The summed E-state index contributed by atoms with van der Waals surface area (Å²) in [6.07, 6.45) is 0.836. The fraction of sp³-hybridized carbons (Fsp3) is 0.316. The van der Waals surface area contributed by atoms with Crippen LogP contribution in [0.3, 0.4) is 0 Å². The number of ether oxygens (including phenoxy) is 1. The predicted molar refractivity (Wildman–Crippen MR) is 91.8 cm³/mol. The summed E-state index contributed by atoms with van der Waals surface area (Å²) in [7, 11) is 0. The lowest BCUT2D eigenvalue weighted by Crippen LogP contribution is -2.50. The third-order valence-corrected chi connectivity index (χ3v) is 4.11. The molecule has 126 valence electrons. The van der Waals surface area contributed by atoms with Gasteiger partial charge in [-0.25, -0.2) is 4.79 Å². The van der Waals surface area contributed by atoms with Crippen molar-refractivity contribution >= 4 is 6.03 Å². The van der Waals surface area contributed by atoms with Gasteiger partial charge >= 0.3 is 6.03 Å². The number of hydrogen-bond donors (Lipinski definition) is 2. The zero-order valence-electron chi connectivity index (χ0n) is 13.5. The van der Waals surface area contributed by atoms with E-state index in [9.17, 15) is 9.90 Å². The zero-order chi connectivity index (χ0) is 16.8. The molecule has 0 unspecified atom stereocenters. The van der Waals surface area contributed by atoms with Crippen molar-refractivity contribution in [1.82, 2.24) is 10.2 Å². The maximum atomic E-state index is 12.3. The van der Waals surface area contributed by atoms with E-state index in [-0.39, 0.29) is 17.9 Å². The second-order valence-corrected chi connectivity index (χ2v) is 5.95. The topological polar surface area (TPSA) is 61.8 Å². The van der Waals surface area contributed by atoms with Crippen LogP contribution in [0.4, 0.5) is 4.79 Å². The van der Waals surface area contributed by atoms with Crippen molar-refractivity contribution < 1.29 is 14.6 Å². The monoisotopic (exact) mass is 326 g/mol. The summed E-state index contributed by atoms with van der Waals surface area (Å²) in [5.74, 6) is 0.224. The Morgan fingerprint density at radius 3 is 2.62 bits per heavy atom. The normalized spacial score (nSPS) is 17.5. The summed E-state index contributed by atoms with van der Waals surface area (Å²) in [6, 6.07) is 16.9. The highest BCUT2D eigenvalue weighted by atomic mass is 16.5. The second-order valence-electron chi connectivity index (χ2n) is 5.95. The van der Waals surface area contributed by atoms with Crippen molar-refractivity contribution in [3.8, 4) is 5.75 Å². The van der Waals surface area contributed by atoms with Gasteiger partial charge in [0.1, 0.15) is 5.75 Å². The Morgan fingerprint density at radius 2 is 1.88 bits per heavy atom. The van der Waals surface area contributed by atoms with Gasteiger partial charge in [0.05, 0.1) is 12.7 Å². The van der Waals surface area contributed by atoms with Gasteiger partial charge < -0.3 is 20.1 Å². The Bertz CT molecular complexity index is 658. The van der Waals surface area contributed by atoms with Gasteiger partial charge in [0, 0.05) is 26.1 Å². The number of morpholine rings is 1. The summed E-state index contributed by atoms with van der Waals surface area (Å²) >= 11 is 0. The Balaban J connectivity index is 1.50. The van der Waals surface area contributed by atoms with Crippen molar-refractivity contribution in [3.63, 3.8) is 0 Å². The molecule has 3 rings (SSSR count). The molecule has 0 spiro atoms. The maximum absolute atomic E-state index is 12.3. The SMILES string of the molecule is O=C(NCc1ccc(O)cc1)N1CCO[C@@H](Cc2ccccc2)C1. The lowest BCUT2D eigenvalue weighted by molar-refractivity contribution is -0.0133. The molecule has 1 atom stereocenters. The summed E-state index contributed by atoms with van der Waals surface area (Å²) in [6.45, 7) is 2.20. The molecular weight excluding hydrogens is 304 g/mol. The summed E-state index contributed by atoms with van der Waals surface area (Å²) < 4.78 is 5.79. The summed E-state index contributed by atoms with van der Waals surface area (Å²) in [5, 5.41) is 12.2. The number of nitrogens with one attached hydrogen (secondary N) is 1. The molecule has 5 heteroatoms. The number of hydrogen-bond acceptors (Lipinski definition) is 3. The molecule has 0 aromatic heterocycles. The van der Waals surface area contributed by atoms with Gasteiger partial charge in [0.15, 0.2) is 0 Å². The number of aromatic hydroxyl groups is 1. The number of phenols is 1. The number of carbonyl (C=O) groups excluding carboxylic acids is 1. The van der Waals surface area contributed by atoms with E-state index in [1.165, 1.54) is 5.56 Å². The average molecular weight is 326 g/mol. The Labute approximate surface area is 141 Å². The van der Waals surface area contributed by atoms with Gasteiger partial charge in [-0.1, -0.05) is 42.5 Å². The van der Waals surface area contributed by atoms with Crippen LogP contribution in [0.5, 0.6) is 5.75 Å². The van der Waals surface area contributed by atoms with Gasteiger partial charge in [-0.2, -0.15) is 0 Å². The Morgan fingerprint density at radius 1 is 1.12 bits per heavy atom. The number of urea groups is 1. The van der Waals surface area contributed by atoms with E-state index in [1.807, 2.05) is 18.2 Å². The largest absolute Gasteiger partial charge is 0.508 e. The van der Waals surface area contributed by atoms with Gasteiger partial charge in [-0.05, 0) is 23.3 Å². The molecule has 5 nitrogen and oxygen atoms in total. The summed E-state index contributed by atoms with van der Waals surface area (Å²) in [5.41, 5.74) is 2.17. The van der Waals surface area contributed by atoms with E-state index in [4.69, 9.17) is 4.74 Å². The predicted octanol–water partition coefficient (Wildman–Crippen LogP) is 2.55. The van der Waals surface area contributed by atoms with Crippen LogP contribution < -0.4 is 5.32 Å². The number of amides is 2. The second kappa shape index (κ2) is 7.84. The van der Waals surface area contributed by atoms with E-state index in [2.05, 4.69) is 17.4 Å². The van der Waals surface area contributed by atoms with E-state index < -0.39 is 0 Å². The number of carbonyl (C=O) groups is 1. The van der Waals surface area contributed by atoms with Crippen LogP contribution in [0.25, 0.3) is 0 Å². The highest BCUT2D eigenvalue weighted by molar-refractivity contribution is 5.74. The van der Waals surface area contributed by atoms with Crippen LogP contribution >= 0.6 is 0 Å². The molecule has 1 heterocycles. The van der Waals surface area contributed by atoms with Crippen molar-refractivity contribution in [3.05, 3.63) is 65.7 Å². The standard InChI is InChI=1S/C19H22N2O3/c22-17-8-6-16(7-9-17)13-20-19(23)21-10-11-24-18(14-21)12-15-4-2-1-3-5-15/h1-9,18,22H,10-14H2,(H,20,23)/t18-/m0/s1. The molecule has 0 saturated carbocycles. The molecule has 2 N–H and O–H groups in total. The minimum absolute atomic E-state index is 0.0283. The minimum atomic E-state index is -0.0792. The Kier molecular flexibility index (Phi) is 5.33. The zero-order valence-corrected chi connectivity index (χ0v) is 13.5. The molecule has 1 saturated heterocycles. The van der Waals surface area contributed by atoms with Crippen LogP contribution in [0.1, 0.15) is 11.1 Å².